The van der Waals surface area contributed by atoms with Gasteiger partial charge in [-0.1, -0.05) is 24.0 Å². The van der Waals surface area contributed by atoms with Crippen LogP contribution in [0.25, 0.3) is 10.8 Å². The zero-order valence-corrected chi connectivity index (χ0v) is 11.6. The number of aliphatic hydroxyl groups is 1. The molecule has 3 heteroatoms. The van der Waals surface area contributed by atoms with Gasteiger partial charge in [-0.3, -0.25) is 0 Å². The average molecular weight is 270 g/mol. The van der Waals surface area contributed by atoms with Crippen LogP contribution in [0.3, 0.4) is 0 Å². The molecule has 0 heterocycles. The van der Waals surface area contributed by atoms with Crippen molar-refractivity contribution in [2.24, 2.45) is 0 Å². The number of rotatable bonds is 5. The van der Waals surface area contributed by atoms with Crippen LogP contribution in [0.5, 0.6) is 5.75 Å². The zero-order chi connectivity index (χ0) is 14.2. The van der Waals surface area contributed by atoms with E-state index < -0.39 is 0 Å². The number of hydrogen-bond acceptors (Lipinski definition) is 3. The molecule has 0 aliphatic carbocycles. The average Bonchev–Trinajstić information content (AvgIpc) is 2.48. The van der Waals surface area contributed by atoms with Gasteiger partial charge in [0.2, 0.25) is 0 Å². The highest BCUT2D eigenvalue weighted by molar-refractivity contribution is 5.85. The maximum atomic E-state index is 8.71. The first kappa shape index (κ1) is 14.4. The van der Waals surface area contributed by atoms with E-state index >= 15 is 0 Å². The van der Waals surface area contributed by atoms with Crippen LogP contribution in [0.4, 0.5) is 0 Å². The van der Waals surface area contributed by atoms with Gasteiger partial charge in [0.1, 0.15) is 5.75 Å². The SMILES string of the molecule is CCOCOc1ccc2cc(C#CCCO)ccc2c1. The molecule has 0 bridgehead atoms. The maximum absolute atomic E-state index is 8.71. The van der Waals surface area contributed by atoms with Crippen molar-refractivity contribution in [3.05, 3.63) is 42.0 Å². The molecule has 0 aliphatic rings. The van der Waals surface area contributed by atoms with Gasteiger partial charge < -0.3 is 14.6 Å². The van der Waals surface area contributed by atoms with Crippen molar-refractivity contribution in [1.29, 1.82) is 0 Å². The van der Waals surface area contributed by atoms with Gasteiger partial charge in [-0.15, -0.1) is 0 Å². The van der Waals surface area contributed by atoms with Crippen LogP contribution in [0, 0.1) is 11.8 Å². The van der Waals surface area contributed by atoms with Crippen molar-refractivity contribution < 1.29 is 14.6 Å². The van der Waals surface area contributed by atoms with Gasteiger partial charge >= 0.3 is 0 Å². The Morgan fingerprint density at radius 2 is 1.90 bits per heavy atom. The highest BCUT2D eigenvalue weighted by Crippen LogP contribution is 2.22. The second kappa shape index (κ2) is 7.54. The molecular formula is C17H18O3. The van der Waals surface area contributed by atoms with Gasteiger partial charge in [0.15, 0.2) is 6.79 Å². The summed E-state index contributed by atoms with van der Waals surface area (Å²) in [6, 6.07) is 11.9. The number of ether oxygens (including phenoxy) is 2. The molecule has 104 valence electrons. The fourth-order valence-corrected chi connectivity index (χ4v) is 1.80. The molecule has 0 radical (unpaired) electrons. The lowest BCUT2D eigenvalue weighted by atomic mass is 10.1. The first-order chi connectivity index (χ1) is 9.83. The van der Waals surface area contributed by atoms with Gasteiger partial charge in [0.25, 0.3) is 0 Å². The van der Waals surface area contributed by atoms with E-state index in [1.54, 1.807) is 0 Å². The second-order valence-electron chi connectivity index (χ2n) is 4.25. The van der Waals surface area contributed by atoms with Crippen LogP contribution in [0.15, 0.2) is 36.4 Å². The Hall–Kier alpha value is -2.02. The highest BCUT2D eigenvalue weighted by Gasteiger charge is 1.98. The third-order valence-corrected chi connectivity index (χ3v) is 2.79. The van der Waals surface area contributed by atoms with E-state index in [2.05, 4.69) is 11.8 Å². The van der Waals surface area contributed by atoms with Crippen molar-refractivity contribution in [2.75, 3.05) is 20.0 Å². The van der Waals surface area contributed by atoms with Gasteiger partial charge in [-0.25, -0.2) is 0 Å². The van der Waals surface area contributed by atoms with Crippen LogP contribution in [-0.2, 0) is 4.74 Å². The Morgan fingerprint density at radius 1 is 1.10 bits per heavy atom. The van der Waals surface area contributed by atoms with Gasteiger partial charge in [-0.2, -0.15) is 0 Å². The van der Waals surface area contributed by atoms with Crippen molar-refractivity contribution in [3.63, 3.8) is 0 Å². The van der Waals surface area contributed by atoms with Gasteiger partial charge in [0, 0.05) is 18.6 Å². The quantitative estimate of drug-likeness (QED) is 0.516. The van der Waals surface area contributed by atoms with Crippen molar-refractivity contribution in [2.45, 2.75) is 13.3 Å². The molecule has 3 nitrogen and oxygen atoms in total. The minimum Gasteiger partial charge on any atom is -0.468 e. The van der Waals surface area contributed by atoms with Crippen LogP contribution in [0.2, 0.25) is 0 Å². The topological polar surface area (TPSA) is 38.7 Å². The third kappa shape index (κ3) is 3.99. The Labute approximate surface area is 119 Å². The lowest BCUT2D eigenvalue weighted by Gasteiger charge is -2.07. The van der Waals surface area contributed by atoms with Crippen LogP contribution in [-0.4, -0.2) is 25.1 Å². The summed E-state index contributed by atoms with van der Waals surface area (Å²) in [6.07, 6.45) is 0.502. The summed E-state index contributed by atoms with van der Waals surface area (Å²) in [5.74, 6) is 6.75. The standard InChI is InChI=1S/C17H18O3/c1-2-19-13-20-17-9-8-15-11-14(5-3-4-10-18)6-7-16(15)12-17/h6-9,11-12,18H,2,4,10,13H2,1H3. The smallest absolute Gasteiger partial charge is 0.189 e. The number of hydrogen-bond donors (Lipinski definition) is 1. The first-order valence-electron chi connectivity index (χ1n) is 6.67. The lowest BCUT2D eigenvalue weighted by Crippen LogP contribution is -2.01. The molecule has 0 unspecified atom stereocenters. The summed E-state index contributed by atoms with van der Waals surface area (Å²) in [5.41, 5.74) is 0.953. The van der Waals surface area contributed by atoms with Crippen LogP contribution < -0.4 is 4.74 Å². The largest absolute Gasteiger partial charge is 0.468 e. The number of benzene rings is 2. The van der Waals surface area contributed by atoms with E-state index in [-0.39, 0.29) is 13.4 Å². The molecular weight excluding hydrogens is 252 g/mol. The normalized spacial score (nSPS) is 10.1. The van der Waals surface area contributed by atoms with E-state index in [1.165, 1.54) is 0 Å². The number of aliphatic hydroxyl groups excluding tert-OH is 1. The van der Waals surface area contributed by atoms with Gasteiger partial charge in [-0.05, 0) is 42.0 Å². The molecule has 2 aromatic rings. The molecule has 0 amide bonds. The molecule has 20 heavy (non-hydrogen) atoms. The number of fused-ring (bicyclic) bond motifs is 1. The molecule has 0 saturated heterocycles. The predicted molar refractivity (Wildman–Crippen MR) is 79.6 cm³/mol. The molecule has 1 N–H and O–H groups in total. The fraction of sp³-hybridized carbons (Fsp3) is 0.294. The van der Waals surface area contributed by atoms with E-state index in [1.807, 2.05) is 43.3 Å². The van der Waals surface area contributed by atoms with E-state index in [4.69, 9.17) is 14.6 Å². The van der Waals surface area contributed by atoms with E-state index in [0.717, 1.165) is 22.1 Å². The van der Waals surface area contributed by atoms with E-state index in [0.29, 0.717) is 13.0 Å². The zero-order valence-electron chi connectivity index (χ0n) is 11.6. The second-order valence-corrected chi connectivity index (χ2v) is 4.25. The molecule has 0 aliphatic heterocycles. The lowest BCUT2D eigenvalue weighted by molar-refractivity contribution is 0.0225. The molecule has 0 atom stereocenters. The van der Waals surface area contributed by atoms with Crippen molar-refractivity contribution in [3.8, 4) is 17.6 Å². The Kier molecular flexibility index (Phi) is 5.43. The molecule has 0 aromatic heterocycles. The minimum atomic E-state index is 0.0983. The molecule has 2 aromatic carbocycles. The molecule has 0 spiro atoms. The minimum absolute atomic E-state index is 0.0983. The summed E-state index contributed by atoms with van der Waals surface area (Å²) >= 11 is 0. The fourth-order valence-electron chi connectivity index (χ4n) is 1.80. The van der Waals surface area contributed by atoms with Crippen LogP contribution in [0.1, 0.15) is 18.9 Å². The van der Waals surface area contributed by atoms with Gasteiger partial charge in [0.05, 0.1) is 6.61 Å². The predicted octanol–water partition coefficient (Wildman–Crippen LogP) is 2.95. The van der Waals surface area contributed by atoms with Crippen molar-refractivity contribution >= 4 is 10.8 Å². The molecule has 0 fully saturated rings. The molecule has 0 saturated carbocycles. The summed E-state index contributed by atoms with van der Waals surface area (Å²) in [6.45, 7) is 2.94. The summed E-state index contributed by atoms with van der Waals surface area (Å²) in [5, 5.41) is 10.9. The summed E-state index contributed by atoms with van der Waals surface area (Å²) in [4.78, 5) is 0. The van der Waals surface area contributed by atoms with Crippen LogP contribution >= 0.6 is 0 Å². The third-order valence-electron chi connectivity index (χ3n) is 2.79. The summed E-state index contributed by atoms with van der Waals surface area (Å²) < 4.78 is 10.6. The highest BCUT2D eigenvalue weighted by atomic mass is 16.7. The maximum Gasteiger partial charge on any atom is 0.189 e. The van der Waals surface area contributed by atoms with E-state index in [9.17, 15) is 0 Å². The summed E-state index contributed by atoms with van der Waals surface area (Å²) in [7, 11) is 0. The Bertz CT molecular complexity index is 623. The van der Waals surface area contributed by atoms with Crippen molar-refractivity contribution in [1.82, 2.24) is 0 Å². The molecule has 2 rings (SSSR count). The Morgan fingerprint density at radius 3 is 2.70 bits per heavy atom. The first-order valence-corrected chi connectivity index (χ1v) is 6.67. The Balaban J connectivity index is 2.15. The monoisotopic (exact) mass is 270 g/mol.